The summed E-state index contributed by atoms with van der Waals surface area (Å²) < 4.78 is 0. The van der Waals surface area contributed by atoms with E-state index in [0.29, 0.717) is 15.7 Å². The number of thiophene rings is 1. The Labute approximate surface area is 146 Å². The number of hydrogen-bond donors (Lipinski definition) is 0. The quantitative estimate of drug-likeness (QED) is 0.780. The van der Waals surface area contributed by atoms with Gasteiger partial charge in [-0.15, -0.1) is 11.3 Å². The molecule has 0 radical (unpaired) electrons. The minimum Gasteiger partial charge on any atom is -0.371 e. The van der Waals surface area contributed by atoms with Crippen LogP contribution in [0.2, 0.25) is 0 Å². The Kier molecular flexibility index (Phi) is 5.00. The van der Waals surface area contributed by atoms with Gasteiger partial charge in [-0.2, -0.15) is 0 Å². The lowest BCUT2D eigenvalue weighted by Gasteiger charge is -2.22. The topological polar surface area (TPSA) is 40.6 Å². The highest BCUT2D eigenvalue weighted by Crippen LogP contribution is 2.25. The van der Waals surface area contributed by atoms with Gasteiger partial charge >= 0.3 is 0 Å². The van der Waals surface area contributed by atoms with Gasteiger partial charge in [0.2, 0.25) is 0 Å². The molecule has 0 N–H and O–H groups in total. The molecule has 3 rings (SSSR count). The third kappa shape index (κ3) is 3.67. The average Bonchev–Trinajstić information content (AvgIpc) is 3.24. The predicted molar refractivity (Wildman–Crippen MR) is 98.0 cm³/mol. The number of rotatable bonds is 5. The first-order chi connectivity index (χ1) is 11.5. The first kappa shape index (κ1) is 16.7. The molecule has 1 aliphatic heterocycles. The van der Waals surface area contributed by atoms with E-state index in [0.717, 1.165) is 26.1 Å². The molecule has 1 aromatic carbocycles. The third-order valence-corrected chi connectivity index (χ3v) is 5.62. The van der Waals surface area contributed by atoms with E-state index in [1.807, 2.05) is 13.1 Å². The number of carbonyl (C=O) groups is 2. The molecular formula is C19H22N2O2S. The van der Waals surface area contributed by atoms with Crippen LogP contribution in [-0.2, 0) is 0 Å². The molecule has 1 aromatic heterocycles. The Morgan fingerprint density at radius 3 is 2.54 bits per heavy atom. The molecule has 0 spiro atoms. The van der Waals surface area contributed by atoms with Crippen molar-refractivity contribution in [3.05, 3.63) is 52.2 Å². The standard InChI is InChI=1S/C19H22N2O2S/c1-14(22)17-8-9-18(24-17)19(23)20(2)12-15-10-11-21(13-15)16-6-4-3-5-7-16/h3-9,15H,10-13H2,1-2H3. The molecule has 24 heavy (non-hydrogen) atoms. The maximum absolute atomic E-state index is 12.5. The van der Waals surface area contributed by atoms with Gasteiger partial charge in [0.25, 0.3) is 5.91 Å². The predicted octanol–water partition coefficient (Wildman–Crippen LogP) is 3.55. The molecule has 2 heterocycles. The lowest BCUT2D eigenvalue weighted by molar-refractivity contribution is 0.0781. The molecule has 1 saturated heterocycles. The molecule has 1 unspecified atom stereocenters. The monoisotopic (exact) mass is 342 g/mol. The molecular weight excluding hydrogens is 320 g/mol. The Bertz CT molecular complexity index is 726. The second kappa shape index (κ2) is 7.18. The number of carbonyl (C=O) groups excluding carboxylic acids is 2. The van der Waals surface area contributed by atoms with Crippen LogP contribution in [0.25, 0.3) is 0 Å². The van der Waals surface area contributed by atoms with Gasteiger partial charge < -0.3 is 9.80 Å². The van der Waals surface area contributed by atoms with E-state index in [1.165, 1.54) is 23.9 Å². The minimum absolute atomic E-state index is 0.00524. The van der Waals surface area contributed by atoms with Crippen molar-refractivity contribution in [2.45, 2.75) is 13.3 Å². The van der Waals surface area contributed by atoms with E-state index in [1.54, 1.807) is 17.0 Å². The largest absolute Gasteiger partial charge is 0.371 e. The highest BCUT2D eigenvalue weighted by molar-refractivity contribution is 7.15. The molecule has 0 saturated carbocycles. The van der Waals surface area contributed by atoms with Crippen molar-refractivity contribution in [2.24, 2.45) is 5.92 Å². The fourth-order valence-corrected chi connectivity index (χ4v) is 4.05. The Morgan fingerprint density at radius 1 is 1.17 bits per heavy atom. The molecule has 5 heteroatoms. The lowest BCUT2D eigenvalue weighted by Crippen LogP contribution is -2.32. The van der Waals surface area contributed by atoms with Crippen LogP contribution in [0.3, 0.4) is 0 Å². The fraction of sp³-hybridized carbons (Fsp3) is 0.368. The lowest BCUT2D eigenvalue weighted by atomic mass is 10.1. The van der Waals surface area contributed by atoms with Gasteiger partial charge in [-0.1, -0.05) is 18.2 Å². The van der Waals surface area contributed by atoms with Crippen LogP contribution < -0.4 is 4.90 Å². The van der Waals surface area contributed by atoms with E-state index in [4.69, 9.17) is 0 Å². The van der Waals surface area contributed by atoms with Crippen molar-refractivity contribution in [1.29, 1.82) is 0 Å². The van der Waals surface area contributed by atoms with E-state index in [-0.39, 0.29) is 11.7 Å². The second-order valence-corrected chi connectivity index (χ2v) is 7.43. The average molecular weight is 342 g/mol. The minimum atomic E-state index is 0.00524. The molecule has 1 fully saturated rings. The smallest absolute Gasteiger partial charge is 0.263 e. The van der Waals surface area contributed by atoms with Gasteiger partial charge in [-0.05, 0) is 43.5 Å². The van der Waals surface area contributed by atoms with Crippen molar-refractivity contribution in [3.8, 4) is 0 Å². The van der Waals surface area contributed by atoms with Crippen molar-refractivity contribution in [1.82, 2.24) is 4.90 Å². The van der Waals surface area contributed by atoms with Gasteiger partial charge in [-0.25, -0.2) is 0 Å². The summed E-state index contributed by atoms with van der Waals surface area (Å²) in [6.45, 7) is 4.28. The van der Waals surface area contributed by atoms with Crippen LogP contribution in [0.1, 0.15) is 32.7 Å². The van der Waals surface area contributed by atoms with Gasteiger partial charge in [0.15, 0.2) is 5.78 Å². The van der Waals surface area contributed by atoms with Gasteiger partial charge in [-0.3, -0.25) is 9.59 Å². The maximum atomic E-state index is 12.5. The summed E-state index contributed by atoms with van der Waals surface area (Å²) in [5, 5.41) is 0. The number of amides is 1. The first-order valence-electron chi connectivity index (χ1n) is 8.21. The Balaban J connectivity index is 1.57. The molecule has 4 nitrogen and oxygen atoms in total. The number of benzene rings is 1. The van der Waals surface area contributed by atoms with Crippen molar-refractivity contribution in [3.63, 3.8) is 0 Å². The third-order valence-electron chi connectivity index (χ3n) is 4.45. The molecule has 0 bridgehead atoms. The Morgan fingerprint density at radius 2 is 1.88 bits per heavy atom. The van der Waals surface area contributed by atoms with Crippen molar-refractivity contribution >= 4 is 28.7 Å². The van der Waals surface area contributed by atoms with Crippen molar-refractivity contribution < 1.29 is 9.59 Å². The van der Waals surface area contributed by atoms with E-state index in [9.17, 15) is 9.59 Å². The van der Waals surface area contributed by atoms with Crippen LogP contribution in [0.4, 0.5) is 5.69 Å². The molecule has 126 valence electrons. The number of para-hydroxylation sites is 1. The summed E-state index contributed by atoms with van der Waals surface area (Å²) in [7, 11) is 1.85. The molecule has 1 aliphatic rings. The van der Waals surface area contributed by atoms with Gasteiger partial charge in [0, 0.05) is 32.4 Å². The molecule has 2 aromatic rings. The highest BCUT2D eigenvalue weighted by Gasteiger charge is 2.26. The number of ketones is 1. The van der Waals surface area contributed by atoms with E-state index >= 15 is 0 Å². The second-order valence-electron chi connectivity index (χ2n) is 6.34. The van der Waals surface area contributed by atoms with Crippen LogP contribution in [0.15, 0.2) is 42.5 Å². The highest BCUT2D eigenvalue weighted by atomic mass is 32.1. The summed E-state index contributed by atoms with van der Waals surface area (Å²) >= 11 is 1.28. The zero-order valence-electron chi connectivity index (χ0n) is 14.1. The van der Waals surface area contributed by atoms with E-state index in [2.05, 4.69) is 29.2 Å². The first-order valence-corrected chi connectivity index (χ1v) is 9.02. The van der Waals surface area contributed by atoms with Gasteiger partial charge in [0.1, 0.15) is 0 Å². The fourth-order valence-electron chi connectivity index (χ4n) is 3.16. The number of anilines is 1. The van der Waals surface area contributed by atoms with Crippen LogP contribution in [-0.4, -0.2) is 43.3 Å². The summed E-state index contributed by atoms with van der Waals surface area (Å²) in [6, 6.07) is 13.9. The summed E-state index contributed by atoms with van der Waals surface area (Å²) in [5.74, 6) is 0.494. The number of hydrogen-bond acceptors (Lipinski definition) is 4. The summed E-state index contributed by atoms with van der Waals surface area (Å²) in [4.78, 5) is 29.4. The molecule has 1 atom stereocenters. The number of nitrogens with zero attached hydrogens (tertiary/aromatic N) is 2. The molecule has 1 amide bonds. The zero-order valence-corrected chi connectivity index (χ0v) is 14.9. The Hall–Kier alpha value is -2.14. The summed E-state index contributed by atoms with van der Waals surface area (Å²) in [5.41, 5.74) is 1.25. The van der Waals surface area contributed by atoms with Crippen LogP contribution >= 0.6 is 11.3 Å². The van der Waals surface area contributed by atoms with Crippen LogP contribution in [0, 0.1) is 5.92 Å². The zero-order chi connectivity index (χ0) is 17.1. The van der Waals surface area contributed by atoms with Gasteiger partial charge in [0.05, 0.1) is 9.75 Å². The molecule has 0 aliphatic carbocycles. The SMILES string of the molecule is CC(=O)c1ccc(C(=O)N(C)CC2CCN(c3ccccc3)C2)s1. The normalized spacial score (nSPS) is 17.1. The number of Topliss-reactive ketones (excluding diaryl/α,β-unsaturated/α-hetero) is 1. The van der Waals surface area contributed by atoms with Crippen molar-refractivity contribution in [2.75, 3.05) is 31.6 Å². The maximum Gasteiger partial charge on any atom is 0.263 e. The van der Waals surface area contributed by atoms with E-state index < -0.39 is 0 Å². The summed E-state index contributed by atoms with van der Waals surface area (Å²) in [6.07, 6.45) is 1.09. The van der Waals surface area contributed by atoms with Crippen LogP contribution in [0.5, 0.6) is 0 Å².